The molecule has 12 heavy (non-hydrogen) atoms. The summed E-state index contributed by atoms with van der Waals surface area (Å²) in [6.07, 6.45) is 0. The number of halogens is 1. The van der Waals surface area contributed by atoms with Gasteiger partial charge in [0.25, 0.3) is 0 Å². The molecule has 0 saturated heterocycles. The molecule has 0 unspecified atom stereocenters. The van der Waals surface area contributed by atoms with Crippen LogP contribution in [-0.2, 0) is 6.54 Å². The van der Waals surface area contributed by atoms with Gasteiger partial charge in [0.05, 0.1) is 6.54 Å². The van der Waals surface area contributed by atoms with Crippen LogP contribution in [0.3, 0.4) is 0 Å². The quantitative estimate of drug-likeness (QED) is 0.756. The van der Waals surface area contributed by atoms with Gasteiger partial charge in [-0.25, -0.2) is 0 Å². The van der Waals surface area contributed by atoms with Crippen LogP contribution in [0.1, 0.15) is 18.9 Å². The minimum Gasteiger partial charge on any atom is -0.297 e. The van der Waals surface area contributed by atoms with Gasteiger partial charge in [0.1, 0.15) is 5.01 Å². The first-order chi connectivity index (χ1) is 5.59. The van der Waals surface area contributed by atoms with Crippen molar-refractivity contribution in [2.75, 3.05) is 7.05 Å². The molecule has 1 aromatic heterocycles. The molecule has 1 rings (SSSR count). The standard InChI is InChI=1S/C7H12ClN3S/c1-5(2)11(3)4-6-9-10-7(8)12-6/h5H,4H2,1-3H3. The Kier molecular flexibility index (Phi) is 3.43. The summed E-state index contributed by atoms with van der Waals surface area (Å²) in [6.45, 7) is 5.10. The molecule has 0 bridgehead atoms. The van der Waals surface area contributed by atoms with Crippen LogP contribution in [0.15, 0.2) is 0 Å². The molecule has 0 aliphatic heterocycles. The molecule has 0 aliphatic carbocycles. The van der Waals surface area contributed by atoms with E-state index < -0.39 is 0 Å². The van der Waals surface area contributed by atoms with Gasteiger partial charge in [0.2, 0.25) is 4.47 Å². The highest BCUT2D eigenvalue weighted by Gasteiger charge is 2.07. The van der Waals surface area contributed by atoms with E-state index in [-0.39, 0.29) is 0 Å². The topological polar surface area (TPSA) is 29.0 Å². The van der Waals surface area contributed by atoms with Crippen LogP contribution >= 0.6 is 22.9 Å². The largest absolute Gasteiger partial charge is 0.297 e. The second-order valence-electron chi connectivity index (χ2n) is 2.96. The summed E-state index contributed by atoms with van der Waals surface area (Å²) in [5.74, 6) is 0. The maximum absolute atomic E-state index is 5.65. The third-order valence-electron chi connectivity index (χ3n) is 1.71. The van der Waals surface area contributed by atoms with E-state index in [2.05, 4.69) is 36.0 Å². The van der Waals surface area contributed by atoms with Crippen molar-refractivity contribution >= 4 is 22.9 Å². The Bertz CT molecular complexity index is 249. The molecule has 3 nitrogen and oxygen atoms in total. The van der Waals surface area contributed by atoms with Gasteiger partial charge in [-0.05, 0) is 32.5 Å². The number of nitrogens with zero attached hydrogens (tertiary/aromatic N) is 3. The monoisotopic (exact) mass is 205 g/mol. The highest BCUT2D eigenvalue weighted by atomic mass is 35.5. The van der Waals surface area contributed by atoms with E-state index in [0.717, 1.165) is 11.6 Å². The van der Waals surface area contributed by atoms with Crippen LogP contribution in [0.5, 0.6) is 0 Å². The molecule has 0 fully saturated rings. The van der Waals surface area contributed by atoms with Gasteiger partial charge < -0.3 is 0 Å². The molecular weight excluding hydrogens is 194 g/mol. The fraction of sp³-hybridized carbons (Fsp3) is 0.714. The van der Waals surface area contributed by atoms with Crippen LogP contribution < -0.4 is 0 Å². The number of hydrogen-bond acceptors (Lipinski definition) is 4. The summed E-state index contributed by atoms with van der Waals surface area (Å²) >= 11 is 7.08. The second kappa shape index (κ2) is 4.16. The summed E-state index contributed by atoms with van der Waals surface area (Å²) < 4.78 is 0.516. The van der Waals surface area contributed by atoms with E-state index in [1.54, 1.807) is 0 Å². The maximum atomic E-state index is 5.65. The van der Waals surface area contributed by atoms with Crippen LogP contribution in [-0.4, -0.2) is 28.2 Å². The molecule has 0 atom stereocenters. The number of rotatable bonds is 3. The van der Waals surface area contributed by atoms with Crippen molar-refractivity contribution in [2.24, 2.45) is 0 Å². The van der Waals surface area contributed by atoms with Gasteiger partial charge in [-0.2, -0.15) is 0 Å². The van der Waals surface area contributed by atoms with E-state index in [4.69, 9.17) is 11.6 Å². The van der Waals surface area contributed by atoms with Crippen molar-refractivity contribution in [2.45, 2.75) is 26.4 Å². The SMILES string of the molecule is CC(C)N(C)Cc1nnc(Cl)s1. The zero-order valence-electron chi connectivity index (χ0n) is 7.41. The second-order valence-corrected chi connectivity index (χ2v) is 4.60. The van der Waals surface area contributed by atoms with Crippen LogP contribution in [0, 0.1) is 0 Å². The van der Waals surface area contributed by atoms with Crippen LogP contribution in [0.25, 0.3) is 0 Å². The summed E-state index contributed by atoms with van der Waals surface area (Å²) in [7, 11) is 2.06. The van der Waals surface area contributed by atoms with Crippen molar-refractivity contribution in [3.8, 4) is 0 Å². The molecular formula is C7H12ClN3S. The highest BCUT2D eigenvalue weighted by molar-refractivity contribution is 7.15. The number of hydrogen-bond donors (Lipinski definition) is 0. The molecule has 68 valence electrons. The molecule has 0 radical (unpaired) electrons. The summed E-state index contributed by atoms with van der Waals surface area (Å²) in [5.41, 5.74) is 0. The predicted molar refractivity (Wildman–Crippen MR) is 51.5 cm³/mol. The fourth-order valence-electron chi connectivity index (χ4n) is 0.693. The molecule has 0 aromatic carbocycles. The highest BCUT2D eigenvalue weighted by Crippen LogP contribution is 2.16. The van der Waals surface area contributed by atoms with Crippen molar-refractivity contribution in [3.05, 3.63) is 9.47 Å². The first-order valence-corrected chi connectivity index (χ1v) is 4.97. The lowest BCUT2D eigenvalue weighted by atomic mass is 10.3. The van der Waals surface area contributed by atoms with Crippen LogP contribution in [0.4, 0.5) is 0 Å². The molecule has 5 heteroatoms. The molecule has 1 aromatic rings. The third-order valence-corrected chi connectivity index (χ3v) is 2.71. The molecule has 1 heterocycles. The van der Waals surface area contributed by atoms with Crippen LogP contribution in [0.2, 0.25) is 4.47 Å². The Morgan fingerprint density at radius 1 is 1.50 bits per heavy atom. The average molecular weight is 206 g/mol. The van der Waals surface area contributed by atoms with E-state index in [0.29, 0.717) is 10.5 Å². The first-order valence-electron chi connectivity index (χ1n) is 3.77. The van der Waals surface area contributed by atoms with E-state index in [1.807, 2.05) is 0 Å². The minimum atomic E-state index is 0.516. The molecule has 0 spiro atoms. The van der Waals surface area contributed by atoms with Crippen molar-refractivity contribution < 1.29 is 0 Å². The fourth-order valence-corrected chi connectivity index (χ4v) is 1.62. The zero-order valence-corrected chi connectivity index (χ0v) is 8.98. The summed E-state index contributed by atoms with van der Waals surface area (Å²) in [4.78, 5) is 2.19. The zero-order chi connectivity index (χ0) is 9.14. The average Bonchev–Trinajstić information content (AvgIpc) is 2.35. The Balaban J connectivity index is 2.52. The Morgan fingerprint density at radius 3 is 2.58 bits per heavy atom. The van der Waals surface area contributed by atoms with Gasteiger partial charge in [0.15, 0.2) is 0 Å². The lowest BCUT2D eigenvalue weighted by molar-refractivity contribution is 0.265. The normalized spacial score (nSPS) is 11.5. The molecule has 0 aliphatic rings. The van der Waals surface area contributed by atoms with Crippen molar-refractivity contribution in [1.29, 1.82) is 0 Å². The first kappa shape index (κ1) is 9.89. The maximum Gasteiger partial charge on any atom is 0.207 e. The van der Waals surface area contributed by atoms with E-state index >= 15 is 0 Å². The lowest BCUT2D eigenvalue weighted by Crippen LogP contribution is -2.25. The minimum absolute atomic E-state index is 0.516. The van der Waals surface area contributed by atoms with E-state index in [1.165, 1.54) is 11.3 Å². The van der Waals surface area contributed by atoms with Crippen molar-refractivity contribution in [3.63, 3.8) is 0 Å². The van der Waals surface area contributed by atoms with Gasteiger partial charge in [-0.3, -0.25) is 4.90 Å². The summed E-state index contributed by atoms with van der Waals surface area (Å²) in [5, 5.41) is 8.64. The Labute approximate surface area is 81.4 Å². The van der Waals surface area contributed by atoms with Gasteiger partial charge in [-0.15, -0.1) is 10.2 Å². The number of aromatic nitrogens is 2. The summed E-state index contributed by atoms with van der Waals surface area (Å²) in [6, 6.07) is 0.521. The Hall–Kier alpha value is -0.190. The predicted octanol–water partition coefficient (Wildman–Crippen LogP) is 2.03. The van der Waals surface area contributed by atoms with E-state index in [9.17, 15) is 0 Å². The van der Waals surface area contributed by atoms with Gasteiger partial charge >= 0.3 is 0 Å². The third kappa shape index (κ3) is 2.69. The molecule has 0 N–H and O–H groups in total. The Morgan fingerprint density at radius 2 is 2.17 bits per heavy atom. The smallest absolute Gasteiger partial charge is 0.207 e. The molecule has 0 amide bonds. The van der Waals surface area contributed by atoms with Crippen molar-refractivity contribution in [1.82, 2.24) is 15.1 Å². The molecule has 0 saturated carbocycles. The lowest BCUT2D eigenvalue weighted by Gasteiger charge is -2.18. The van der Waals surface area contributed by atoms with Gasteiger partial charge in [0, 0.05) is 6.04 Å². The van der Waals surface area contributed by atoms with Gasteiger partial charge in [-0.1, -0.05) is 11.3 Å².